The van der Waals surface area contributed by atoms with E-state index in [2.05, 4.69) is 5.32 Å². The zero-order valence-corrected chi connectivity index (χ0v) is 19.0. The van der Waals surface area contributed by atoms with Crippen LogP contribution < -0.4 is 24.4 Å². The molecule has 0 saturated carbocycles. The van der Waals surface area contributed by atoms with Crippen LogP contribution in [-0.2, 0) is 9.59 Å². The summed E-state index contributed by atoms with van der Waals surface area (Å²) in [6.07, 6.45) is 2.52. The van der Waals surface area contributed by atoms with Crippen LogP contribution in [0.4, 0.5) is 11.4 Å². The highest BCUT2D eigenvalue weighted by Gasteiger charge is 2.34. The molecule has 3 aliphatic rings. The monoisotopic (exact) mass is 471 g/mol. The van der Waals surface area contributed by atoms with Gasteiger partial charge in [0.15, 0.2) is 17.6 Å². The van der Waals surface area contributed by atoms with Crippen LogP contribution >= 0.6 is 11.6 Å². The third-order valence-electron chi connectivity index (χ3n) is 6.04. The molecule has 174 valence electrons. The Morgan fingerprint density at radius 1 is 1.00 bits per heavy atom. The Morgan fingerprint density at radius 3 is 2.52 bits per heavy atom. The van der Waals surface area contributed by atoms with Crippen LogP contribution in [0.1, 0.15) is 19.3 Å². The molecular formula is C24H26ClN3O5. The molecule has 2 aromatic rings. The molecule has 0 radical (unpaired) electrons. The SMILES string of the molecule is O=C(CN1C[C@@H](C(=O)N2CCCCC2)Oc2ccccc21)Nc1cc2c(cc1Cl)OCCO2. The third kappa shape index (κ3) is 4.66. The number of hydrogen-bond acceptors (Lipinski definition) is 6. The van der Waals surface area contributed by atoms with E-state index < -0.39 is 6.10 Å². The van der Waals surface area contributed by atoms with E-state index in [1.54, 1.807) is 12.1 Å². The van der Waals surface area contributed by atoms with Crippen LogP contribution in [0.25, 0.3) is 0 Å². The first kappa shape index (κ1) is 21.7. The van der Waals surface area contributed by atoms with Crippen molar-refractivity contribution in [2.24, 2.45) is 0 Å². The van der Waals surface area contributed by atoms with E-state index in [9.17, 15) is 9.59 Å². The molecule has 9 heteroatoms. The van der Waals surface area contributed by atoms with Crippen LogP contribution in [-0.4, -0.2) is 62.2 Å². The Hall–Kier alpha value is -3.13. The fourth-order valence-electron chi connectivity index (χ4n) is 4.43. The Bertz CT molecular complexity index is 1060. The number of amides is 2. The summed E-state index contributed by atoms with van der Waals surface area (Å²) >= 11 is 6.35. The normalized spacial score (nSPS) is 19.4. The van der Waals surface area contributed by atoms with Gasteiger partial charge in [-0.05, 0) is 31.4 Å². The number of nitrogens with one attached hydrogen (secondary N) is 1. The number of fused-ring (bicyclic) bond motifs is 2. The van der Waals surface area contributed by atoms with E-state index in [0.29, 0.717) is 47.7 Å². The van der Waals surface area contributed by atoms with Crippen LogP contribution in [0, 0.1) is 0 Å². The smallest absolute Gasteiger partial charge is 0.265 e. The van der Waals surface area contributed by atoms with Crippen LogP contribution in [0.2, 0.25) is 5.02 Å². The highest BCUT2D eigenvalue weighted by atomic mass is 35.5. The second-order valence-electron chi connectivity index (χ2n) is 8.36. The molecule has 3 heterocycles. The van der Waals surface area contributed by atoms with Crippen LogP contribution in [0.5, 0.6) is 17.2 Å². The topological polar surface area (TPSA) is 80.3 Å². The molecule has 33 heavy (non-hydrogen) atoms. The van der Waals surface area contributed by atoms with Gasteiger partial charge in [-0.15, -0.1) is 0 Å². The van der Waals surface area contributed by atoms with Gasteiger partial charge in [-0.1, -0.05) is 23.7 Å². The zero-order chi connectivity index (χ0) is 22.8. The number of nitrogens with zero attached hydrogens (tertiary/aromatic N) is 2. The minimum atomic E-state index is -0.649. The molecule has 0 spiro atoms. The van der Waals surface area contributed by atoms with Gasteiger partial charge < -0.3 is 29.3 Å². The van der Waals surface area contributed by atoms with Crippen molar-refractivity contribution >= 4 is 34.8 Å². The Kier molecular flexibility index (Phi) is 6.17. The average Bonchev–Trinajstić information content (AvgIpc) is 2.84. The second kappa shape index (κ2) is 9.39. The van der Waals surface area contributed by atoms with E-state index in [-0.39, 0.29) is 18.4 Å². The lowest BCUT2D eigenvalue weighted by molar-refractivity contribution is -0.139. The number of piperidine rings is 1. The maximum absolute atomic E-state index is 13.1. The molecule has 1 N–H and O–H groups in total. The molecule has 2 amide bonds. The summed E-state index contributed by atoms with van der Waals surface area (Å²) in [4.78, 5) is 29.8. The predicted molar refractivity (Wildman–Crippen MR) is 125 cm³/mol. The highest BCUT2D eigenvalue weighted by Crippen LogP contribution is 2.38. The Balaban J connectivity index is 1.31. The maximum atomic E-state index is 13.1. The minimum absolute atomic E-state index is 0.0236. The quantitative estimate of drug-likeness (QED) is 0.736. The lowest BCUT2D eigenvalue weighted by Crippen LogP contribution is -2.52. The van der Waals surface area contributed by atoms with Gasteiger partial charge >= 0.3 is 0 Å². The van der Waals surface area contributed by atoms with E-state index in [1.807, 2.05) is 34.1 Å². The molecular weight excluding hydrogens is 446 g/mol. The first-order chi connectivity index (χ1) is 16.1. The highest BCUT2D eigenvalue weighted by molar-refractivity contribution is 6.34. The zero-order valence-electron chi connectivity index (χ0n) is 18.2. The molecule has 8 nitrogen and oxygen atoms in total. The van der Waals surface area contributed by atoms with Crippen molar-refractivity contribution in [3.63, 3.8) is 0 Å². The summed E-state index contributed by atoms with van der Waals surface area (Å²) in [6.45, 7) is 2.76. The number of halogens is 1. The van der Waals surface area contributed by atoms with E-state index >= 15 is 0 Å². The van der Waals surface area contributed by atoms with Gasteiger partial charge in [0.1, 0.15) is 19.0 Å². The van der Waals surface area contributed by atoms with Crippen LogP contribution in [0.15, 0.2) is 36.4 Å². The Labute approximate surface area is 197 Å². The summed E-state index contributed by atoms with van der Waals surface area (Å²) in [5, 5.41) is 3.23. The van der Waals surface area contributed by atoms with E-state index in [4.69, 9.17) is 25.8 Å². The molecule has 0 aliphatic carbocycles. The number of anilines is 2. The van der Waals surface area contributed by atoms with E-state index in [0.717, 1.165) is 38.0 Å². The lowest BCUT2D eigenvalue weighted by atomic mass is 10.1. The van der Waals surface area contributed by atoms with Gasteiger partial charge in [0.2, 0.25) is 5.91 Å². The molecule has 0 bridgehead atoms. The molecule has 2 aromatic carbocycles. The summed E-state index contributed by atoms with van der Waals surface area (Å²) in [5.41, 5.74) is 1.23. The Morgan fingerprint density at radius 2 is 1.73 bits per heavy atom. The van der Waals surface area contributed by atoms with E-state index in [1.165, 1.54) is 0 Å². The van der Waals surface area contributed by atoms with Gasteiger partial charge in [0.25, 0.3) is 5.91 Å². The number of rotatable bonds is 4. The number of carbonyl (C=O) groups excluding carboxylic acids is 2. The summed E-state index contributed by atoms with van der Waals surface area (Å²) in [5.74, 6) is 1.43. The van der Waals surface area contributed by atoms with Crippen molar-refractivity contribution in [2.45, 2.75) is 25.4 Å². The van der Waals surface area contributed by atoms with Gasteiger partial charge in [-0.2, -0.15) is 0 Å². The average molecular weight is 472 g/mol. The summed E-state index contributed by atoms with van der Waals surface area (Å²) in [7, 11) is 0. The molecule has 1 atom stereocenters. The number of ether oxygens (including phenoxy) is 3. The van der Waals surface area contributed by atoms with Crippen molar-refractivity contribution in [2.75, 3.05) is 49.6 Å². The molecule has 1 fully saturated rings. The molecule has 3 aliphatic heterocycles. The van der Waals surface area contributed by atoms with Gasteiger partial charge in [0, 0.05) is 25.2 Å². The van der Waals surface area contributed by atoms with Crippen molar-refractivity contribution in [3.05, 3.63) is 41.4 Å². The lowest BCUT2D eigenvalue weighted by Gasteiger charge is -2.38. The van der Waals surface area contributed by atoms with Crippen molar-refractivity contribution in [3.8, 4) is 17.2 Å². The first-order valence-corrected chi connectivity index (χ1v) is 11.6. The largest absolute Gasteiger partial charge is 0.486 e. The summed E-state index contributed by atoms with van der Waals surface area (Å²) < 4.78 is 17.2. The van der Waals surface area contributed by atoms with Gasteiger partial charge in [0.05, 0.1) is 29.5 Å². The number of benzene rings is 2. The fraction of sp³-hybridized carbons (Fsp3) is 0.417. The van der Waals surface area contributed by atoms with Crippen molar-refractivity contribution in [1.29, 1.82) is 0 Å². The molecule has 5 rings (SSSR count). The standard InChI is InChI=1S/C24H26ClN3O5/c25-16-12-20-21(32-11-10-31-20)13-17(16)26-23(29)15-28-14-22(24(30)27-8-4-1-5-9-27)33-19-7-3-2-6-18(19)28/h2-3,6-7,12-13,22H,1,4-5,8-11,14-15H2,(H,26,29)/t22-/m0/s1. The predicted octanol–water partition coefficient (Wildman–Crippen LogP) is 3.33. The van der Waals surface area contributed by atoms with Gasteiger partial charge in [-0.3, -0.25) is 9.59 Å². The minimum Gasteiger partial charge on any atom is -0.486 e. The molecule has 1 saturated heterocycles. The summed E-state index contributed by atoms with van der Waals surface area (Å²) in [6, 6.07) is 10.8. The van der Waals surface area contributed by atoms with Crippen molar-refractivity contribution < 1.29 is 23.8 Å². The maximum Gasteiger partial charge on any atom is 0.265 e. The number of carbonyl (C=O) groups is 2. The fourth-order valence-corrected chi connectivity index (χ4v) is 4.63. The van der Waals surface area contributed by atoms with Gasteiger partial charge in [-0.25, -0.2) is 0 Å². The number of likely N-dealkylation sites (tertiary alicyclic amines) is 1. The molecule has 0 unspecified atom stereocenters. The van der Waals surface area contributed by atoms with Crippen LogP contribution in [0.3, 0.4) is 0 Å². The number of hydrogen-bond donors (Lipinski definition) is 1. The third-order valence-corrected chi connectivity index (χ3v) is 6.36. The second-order valence-corrected chi connectivity index (χ2v) is 8.77. The first-order valence-electron chi connectivity index (χ1n) is 11.3. The van der Waals surface area contributed by atoms with Crippen molar-refractivity contribution in [1.82, 2.24) is 4.90 Å². The number of para-hydroxylation sites is 2. The molecule has 0 aromatic heterocycles.